The molecular formula is C18H21NO. The third-order valence-corrected chi connectivity index (χ3v) is 4.15. The first-order valence-corrected chi connectivity index (χ1v) is 7.33. The Labute approximate surface area is 120 Å². The standard InChI is InChI=1S/C18H21NO/c19-18(15-9-11-20-12-10-15)17-8-4-7-16(13-17)14-5-2-1-3-6-14/h1-8,13,15,18H,9-12,19H2/t18-/m1/s1. The zero-order valence-corrected chi connectivity index (χ0v) is 11.7. The topological polar surface area (TPSA) is 35.2 Å². The van der Waals surface area contributed by atoms with Gasteiger partial charge in [0.25, 0.3) is 0 Å². The second-order valence-electron chi connectivity index (χ2n) is 5.47. The molecule has 0 radical (unpaired) electrons. The highest BCUT2D eigenvalue weighted by molar-refractivity contribution is 5.64. The maximum Gasteiger partial charge on any atom is 0.0469 e. The molecule has 1 aliphatic rings. The minimum atomic E-state index is 0.113. The van der Waals surface area contributed by atoms with Crippen molar-refractivity contribution in [1.29, 1.82) is 0 Å². The molecule has 0 amide bonds. The van der Waals surface area contributed by atoms with Crippen LogP contribution >= 0.6 is 0 Å². The Hall–Kier alpha value is -1.64. The molecule has 1 fully saturated rings. The molecule has 2 aromatic rings. The highest BCUT2D eigenvalue weighted by Gasteiger charge is 2.22. The van der Waals surface area contributed by atoms with Crippen LogP contribution in [0.3, 0.4) is 0 Å². The summed E-state index contributed by atoms with van der Waals surface area (Å²) in [7, 11) is 0. The van der Waals surface area contributed by atoms with Gasteiger partial charge in [-0.25, -0.2) is 0 Å². The van der Waals surface area contributed by atoms with Crippen molar-refractivity contribution in [2.75, 3.05) is 13.2 Å². The van der Waals surface area contributed by atoms with Crippen molar-refractivity contribution in [1.82, 2.24) is 0 Å². The van der Waals surface area contributed by atoms with E-state index >= 15 is 0 Å². The lowest BCUT2D eigenvalue weighted by molar-refractivity contribution is 0.0584. The van der Waals surface area contributed by atoms with Gasteiger partial charge in [-0.05, 0) is 41.5 Å². The summed E-state index contributed by atoms with van der Waals surface area (Å²) in [6.45, 7) is 1.69. The summed E-state index contributed by atoms with van der Waals surface area (Å²) in [4.78, 5) is 0. The van der Waals surface area contributed by atoms with E-state index < -0.39 is 0 Å². The van der Waals surface area contributed by atoms with E-state index in [4.69, 9.17) is 10.5 Å². The number of hydrogen-bond donors (Lipinski definition) is 1. The number of benzene rings is 2. The Balaban J connectivity index is 1.83. The van der Waals surface area contributed by atoms with E-state index in [0.717, 1.165) is 26.1 Å². The third kappa shape index (κ3) is 2.92. The first kappa shape index (κ1) is 13.3. The van der Waals surface area contributed by atoms with E-state index in [0.29, 0.717) is 5.92 Å². The SMILES string of the molecule is N[C@@H](c1cccc(-c2ccccc2)c1)C1CCOCC1. The summed E-state index contributed by atoms with van der Waals surface area (Å²) >= 11 is 0. The van der Waals surface area contributed by atoms with Crippen molar-refractivity contribution in [2.24, 2.45) is 11.7 Å². The fourth-order valence-corrected chi connectivity index (χ4v) is 2.90. The van der Waals surface area contributed by atoms with Crippen LogP contribution in [0.2, 0.25) is 0 Å². The van der Waals surface area contributed by atoms with Gasteiger partial charge in [0.2, 0.25) is 0 Å². The minimum absolute atomic E-state index is 0.113. The monoisotopic (exact) mass is 267 g/mol. The van der Waals surface area contributed by atoms with Gasteiger partial charge in [-0.2, -0.15) is 0 Å². The molecule has 104 valence electrons. The first-order chi connectivity index (χ1) is 9.84. The fraction of sp³-hybridized carbons (Fsp3) is 0.333. The Kier molecular flexibility index (Phi) is 4.14. The lowest BCUT2D eigenvalue weighted by atomic mass is 9.87. The fourth-order valence-electron chi connectivity index (χ4n) is 2.90. The van der Waals surface area contributed by atoms with Gasteiger partial charge in [0.05, 0.1) is 0 Å². The molecule has 0 bridgehead atoms. The molecule has 2 nitrogen and oxygen atoms in total. The summed E-state index contributed by atoms with van der Waals surface area (Å²) in [5.74, 6) is 0.537. The quantitative estimate of drug-likeness (QED) is 0.918. The molecule has 1 heterocycles. The van der Waals surface area contributed by atoms with Crippen LogP contribution < -0.4 is 5.73 Å². The van der Waals surface area contributed by atoms with Crippen LogP contribution in [0.4, 0.5) is 0 Å². The van der Waals surface area contributed by atoms with Crippen LogP contribution in [0.15, 0.2) is 54.6 Å². The Morgan fingerprint density at radius 2 is 1.60 bits per heavy atom. The van der Waals surface area contributed by atoms with Gasteiger partial charge in [0.15, 0.2) is 0 Å². The maximum absolute atomic E-state index is 6.46. The molecule has 20 heavy (non-hydrogen) atoms. The van der Waals surface area contributed by atoms with Gasteiger partial charge in [-0.15, -0.1) is 0 Å². The van der Waals surface area contributed by atoms with Gasteiger partial charge in [-0.1, -0.05) is 48.5 Å². The summed E-state index contributed by atoms with van der Waals surface area (Å²) in [6.07, 6.45) is 2.13. The normalized spacial score (nSPS) is 17.9. The molecule has 0 unspecified atom stereocenters. The average Bonchev–Trinajstić information content (AvgIpc) is 2.56. The minimum Gasteiger partial charge on any atom is -0.381 e. The van der Waals surface area contributed by atoms with E-state index in [1.165, 1.54) is 16.7 Å². The van der Waals surface area contributed by atoms with Gasteiger partial charge >= 0.3 is 0 Å². The van der Waals surface area contributed by atoms with Gasteiger partial charge in [0, 0.05) is 19.3 Å². The summed E-state index contributed by atoms with van der Waals surface area (Å²) < 4.78 is 5.42. The van der Waals surface area contributed by atoms with E-state index in [1.807, 2.05) is 6.07 Å². The van der Waals surface area contributed by atoms with E-state index in [9.17, 15) is 0 Å². The molecule has 3 rings (SSSR count). The number of nitrogens with two attached hydrogens (primary N) is 1. The van der Waals surface area contributed by atoms with Crippen LogP contribution in [-0.4, -0.2) is 13.2 Å². The Bertz CT molecular complexity index is 546. The summed E-state index contributed by atoms with van der Waals surface area (Å²) in [5, 5.41) is 0. The smallest absolute Gasteiger partial charge is 0.0469 e. The molecule has 1 saturated heterocycles. The van der Waals surface area contributed by atoms with Crippen molar-refractivity contribution in [3.8, 4) is 11.1 Å². The molecule has 1 aliphatic heterocycles. The van der Waals surface area contributed by atoms with Crippen molar-refractivity contribution in [2.45, 2.75) is 18.9 Å². The molecule has 2 N–H and O–H groups in total. The van der Waals surface area contributed by atoms with E-state index in [2.05, 4.69) is 48.5 Å². The van der Waals surface area contributed by atoms with E-state index in [-0.39, 0.29) is 6.04 Å². The maximum atomic E-state index is 6.46. The number of ether oxygens (including phenoxy) is 1. The summed E-state index contributed by atoms with van der Waals surface area (Å²) in [6, 6.07) is 19.2. The summed E-state index contributed by atoms with van der Waals surface area (Å²) in [5.41, 5.74) is 10.2. The molecule has 0 aliphatic carbocycles. The van der Waals surface area contributed by atoms with Crippen molar-refractivity contribution in [3.63, 3.8) is 0 Å². The van der Waals surface area contributed by atoms with Gasteiger partial charge < -0.3 is 10.5 Å². The van der Waals surface area contributed by atoms with Crippen molar-refractivity contribution < 1.29 is 4.74 Å². The largest absolute Gasteiger partial charge is 0.381 e. The lowest BCUT2D eigenvalue weighted by Crippen LogP contribution is -2.27. The Morgan fingerprint density at radius 1 is 0.900 bits per heavy atom. The predicted octanol–water partition coefficient (Wildman–Crippen LogP) is 3.78. The van der Waals surface area contributed by atoms with Crippen molar-refractivity contribution in [3.05, 3.63) is 60.2 Å². The zero-order chi connectivity index (χ0) is 13.8. The number of hydrogen-bond acceptors (Lipinski definition) is 2. The van der Waals surface area contributed by atoms with E-state index in [1.54, 1.807) is 0 Å². The second kappa shape index (κ2) is 6.21. The average molecular weight is 267 g/mol. The van der Waals surface area contributed by atoms with Crippen LogP contribution in [0.1, 0.15) is 24.4 Å². The molecule has 2 heteroatoms. The lowest BCUT2D eigenvalue weighted by Gasteiger charge is -2.28. The number of rotatable bonds is 3. The molecule has 0 saturated carbocycles. The van der Waals surface area contributed by atoms with Gasteiger partial charge in [0.1, 0.15) is 0 Å². The highest BCUT2D eigenvalue weighted by atomic mass is 16.5. The first-order valence-electron chi connectivity index (χ1n) is 7.33. The molecule has 0 aromatic heterocycles. The molecular weight excluding hydrogens is 246 g/mol. The highest BCUT2D eigenvalue weighted by Crippen LogP contribution is 2.30. The predicted molar refractivity (Wildman–Crippen MR) is 82.3 cm³/mol. The molecule has 0 spiro atoms. The Morgan fingerprint density at radius 3 is 2.35 bits per heavy atom. The molecule has 2 aromatic carbocycles. The van der Waals surface area contributed by atoms with Crippen LogP contribution in [0, 0.1) is 5.92 Å². The molecule has 1 atom stereocenters. The van der Waals surface area contributed by atoms with Crippen LogP contribution in [0.25, 0.3) is 11.1 Å². The van der Waals surface area contributed by atoms with Gasteiger partial charge in [-0.3, -0.25) is 0 Å². The van der Waals surface area contributed by atoms with Crippen LogP contribution in [-0.2, 0) is 4.74 Å². The second-order valence-corrected chi connectivity index (χ2v) is 5.47. The van der Waals surface area contributed by atoms with Crippen molar-refractivity contribution >= 4 is 0 Å². The zero-order valence-electron chi connectivity index (χ0n) is 11.7. The third-order valence-electron chi connectivity index (χ3n) is 4.15. The van der Waals surface area contributed by atoms with Crippen LogP contribution in [0.5, 0.6) is 0 Å².